The van der Waals surface area contributed by atoms with Crippen molar-refractivity contribution >= 4 is 17.3 Å². The monoisotopic (exact) mass is 269 g/mol. The molecule has 2 heterocycles. The molecule has 0 unspecified atom stereocenters. The van der Waals surface area contributed by atoms with E-state index in [4.69, 9.17) is 4.42 Å². The quantitative estimate of drug-likeness (QED) is 0.666. The second kappa shape index (κ2) is 4.23. The normalized spacial score (nSPS) is 13.1. The summed E-state index contributed by atoms with van der Waals surface area (Å²) in [5.74, 6) is -1.19. The summed E-state index contributed by atoms with van der Waals surface area (Å²) >= 11 is 0. The first-order valence-corrected chi connectivity index (χ1v) is 6.26. The van der Waals surface area contributed by atoms with Gasteiger partial charge in [-0.05, 0) is 24.1 Å². The zero-order valence-electron chi connectivity index (χ0n) is 11.0. The van der Waals surface area contributed by atoms with E-state index >= 15 is 0 Å². The van der Waals surface area contributed by atoms with Crippen LogP contribution in [-0.4, -0.2) is 22.3 Å². The Balaban J connectivity index is 2.22. The molecule has 0 atom stereocenters. The van der Waals surface area contributed by atoms with Gasteiger partial charge in [0.2, 0.25) is 5.78 Å². The number of furan rings is 1. The van der Waals surface area contributed by atoms with Gasteiger partial charge in [-0.1, -0.05) is 6.92 Å². The largest absolute Gasteiger partial charge is 0.449 e. The highest BCUT2D eigenvalue weighted by atomic mass is 16.4. The molecule has 2 aromatic rings. The molecule has 20 heavy (non-hydrogen) atoms. The van der Waals surface area contributed by atoms with E-state index in [1.54, 1.807) is 12.3 Å². The highest BCUT2D eigenvalue weighted by molar-refractivity contribution is 6.27. The molecule has 3 rings (SSSR count). The molecule has 0 fully saturated rings. The lowest BCUT2D eigenvalue weighted by Gasteiger charge is -2.12. The molecule has 0 N–H and O–H groups in total. The molecule has 1 aliphatic carbocycles. The smallest absolute Gasteiger partial charge is 0.248 e. The number of pyridine rings is 1. The summed E-state index contributed by atoms with van der Waals surface area (Å²) in [6, 6.07) is 3.01. The second-order valence-electron chi connectivity index (χ2n) is 4.66. The average molecular weight is 269 g/mol. The van der Waals surface area contributed by atoms with Gasteiger partial charge in [-0.25, -0.2) is 0 Å². The van der Waals surface area contributed by atoms with Crippen molar-refractivity contribution in [2.45, 2.75) is 20.3 Å². The van der Waals surface area contributed by atoms with Crippen molar-refractivity contribution in [3.05, 3.63) is 52.2 Å². The van der Waals surface area contributed by atoms with Gasteiger partial charge in [0.25, 0.3) is 0 Å². The maximum Gasteiger partial charge on any atom is 0.248 e. The second-order valence-corrected chi connectivity index (χ2v) is 4.66. The molecule has 100 valence electrons. The van der Waals surface area contributed by atoms with Crippen LogP contribution in [0.25, 0.3) is 0 Å². The van der Waals surface area contributed by atoms with Gasteiger partial charge in [0.05, 0.1) is 11.1 Å². The predicted molar refractivity (Wildman–Crippen MR) is 69.2 cm³/mol. The molecule has 0 radical (unpaired) electrons. The molecule has 5 heteroatoms. The van der Waals surface area contributed by atoms with Crippen LogP contribution in [0.3, 0.4) is 0 Å². The van der Waals surface area contributed by atoms with Crippen molar-refractivity contribution in [1.82, 2.24) is 4.98 Å². The van der Waals surface area contributed by atoms with Crippen molar-refractivity contribution in [2.75, 3.05) is 0 Å². The van der Waals surface area contributed by atoms with Crippen LogP contribution in [0, 0.1) is 0 Å². The van der Waals surface area contributed by atoms with Gasteiger partial charge in [0.15, 0.2) is 23.1 Å². The lowest BCUT2D eigenvalue weighted by atomic mass is 9.91. The minimum absolute atomic E-state index is 0.0141. The fourth-order valence-corrected chi connectivity index (χ4v) is 2.21. The maximum atomic E-state index is 12.4. The number of hydrogen-bond donors (Lipinski definition) is 0. The Morgan fingerprint density at radius 2 is 1.95 bits per heavy atom. The summed E-state index contributed by atoms with van der Waals surface area (Å²) in [4.78, 5) is 40.0. The number of ketones is 3. The van der Waals surface area contributed by atoms with E-state index in [1.807, 2.05) is 6.92 Å². The van der Waals surface area contributed by atoms with Crippen LogP contribution in [0.15, 0.2) is 22.7 Å². The Labute approximate surface area is 114 Å². The van der Waals surface area contributed by atoms with Crippen LogP contribution in [0.2, 0.25) is 0 Å². The zero-order valence-corrected chi connectivity index (χ0v) is 11.0. The van der Waals surface area contributed by atoms with E-state index in [-0.39, 0.29) is 39.9 Å². The first-order chi connectivity index (χ1) is 9.52. The van der Waals surface area contributed by atoms with Crippen molar-refractivity contribution in [1.29, 1.82) is 0 Å². The number of aromatic nitrogens is 1. The molecule has 0 saturated heterocycles. The number of nitrogens with zero attached hydrogens (tertiary/aromatic N) is 1. The number of carbonyl (C=O) groups is 3. The minimum Gasteiger partial charge on any atom is -0.449 e. The summed E-state index contributed by atoms with van der Waals surface area (Å²) in [5, 5.41) is 0. The Morgan fingerprint density at radius 3 is 2.60 bits per heavy atom. The lowest BCUT2D eigenvalue weighted by Crippen LogP contribution is -2.21. The molecule has 0 amide bonds. The van der Waals surface area contributed by atoms with Crippen LogP contribution in [0.4, 0.5) is 0 Å². The Kier molecular flexibility index (Phi) is 2.64. The number of rotatable bonds is 2. The molecule has 0 aliphatic heterocycles. The molecule has 0 aromatic carbocycles. The van der Waals surface area contributed by atoms with E-state index in [2.05, 4.69) is 4.98 Å². The third-order valence-electron chi connectivity index (χ3n) is 3.34. The number of fused-ring (bicyclic) bond motifs is 2. The topological polar surface area (TPSA) is 77.2 Å². The van der Waals surface area contributed by atoms with Crippen LogP contribution in [0.1, 0.15) is 62.1 Å². The van der Waals surface area contributed by atoms with Crippen LogP contribution in [0.5, 0.6) is 0 Å². The number of hydrogen-bond acceptors (Lipinski definition) is 5. The van der Waals surface area contributed by atoms with Gasteiger partial charge in [0, 0.05) is 13.1 Å². The zero-order chi connectivity index (χ0) is 14.4. The van der Waals surface area contributed by atoms with Crippen LogP contribution in [-0.2, 0) is 6.42 Å². The number of aryl methyl sites for hydroxylation is 1. The first-order valence-electron chi connectivity index (χ1n) is 6.26. The van der Waals surface area contributed by atoms with Crippen LogP contribution < -0.4 is 0 Å². The fourth-order valence-electron chi connectivity index (χ4n) is 2.21. The Hall–Kier alpha value is -2.56. The number of carbonyl (C=O) groups excluding carboxylic acids is 3. The van der Waals surface area contributed by atoms with Crippen molar-refractivity contribution in [3.8, 4) is 0 Å². The van der Waals surface area contributed by atoms with E-state index in [0.717, 1.165) is 12.0 Å². The standard InChI is InChI=1S/C15H11NO4/c1-3-8-4-9-12(16-6-8)14(19)15-10(13(9)18)5-11(20-15)7(2)17/h4-6H,3H2,1-2H3. The summed E-state index contributed by atoms with van der Waals surface area (Å²) in [6.45, 7) is 3.26. The highest BCUT2D eigenvalue weighted by Gasteiger charge is 2.35. The van der Waals surface area contributed by atoms with Crippen molar-refractivity contribution in [2.24, 2.45) is 0 Å². The maximum absolute atomic E-state index is 12.4. The average Bonchev–Trinajstić information content (AvgIpc) is 2.90. The Bertz CT molecular complexity index is 770. The van der Waals surface area contributed by atoms with E-state index in [9.17, 15) is 14.4 Å². The first kappa shape index (κ1) is 12.5. The van der Waals surface area contributed by atoms with Gasteiger partial charge in [0.1, 0.15) is 5.69 Å². The molecule has 0 spiro atoms. The van der Waals surface area contributed by atoms with Gasteiger partial charge >= 0.3 is 0 Å². The molecule has 0 saturated carbocycles. The molecule has 2 aromatic heterocycles. The third kappa shape index (κ3) is 1.63. The molecule has 1 aliphatic rings. The Morgan fingerprint density at radius 1 is 1.20 bits per heavy atom. The van der Waals surface area contributed by atoms with E-state index in [1.165, 1.54) is 13.0 Å². The fraction of sp³-hybridized carbons (Fsp3) is 0.200. The molecular weight excluding hydrogens is 258 g/mol. The molecule has 5 nitrogen and oxygen atoms in total. The summed E-state index contributed by atoms with van der Waals surface area (Å²) in [6.07, 6.45) is 2.29. The summed E-state index contributed by atoms with van der Waals surface area (Å²) in [7, 11) is 0. The minimum atomic E-state index is -0.454. The summed E-state index contributed by atoms with van der Waals surface area (Å²) in [5.41, 5.74) is 1.38. The van der Waals surface area contributed by atoms with Gasteiger partial charge in [-0.2, -0.15) is 0 Å². The molecule has 0 bridgehead atoms. The van der Waals surface area contributed by atoms with E-state index < -0.39 is 5.78 Å². The SMILES string of the molecule is CCc1cnc2c(c1)C(=O)c1cc(C(C)=O)oc1C2=O. The summed E-state index contributed by atoms with van der Waals surface area (Å²) < 4.78 is 5.20. The van der Waals surface area contributed by atoms with Crippen molar-refractivity contribution < 1.29 is 18.8 Å². The van der Waals surface area contributed by atoms with Crippen LogP contribution >= 0.6 is 0 Å². The van der Waals surface area contributed by atoms with E-state index in [0.29, 0.717) is 0 Å². The van der Waals surface area contributed by atoms with Gasteiger partial charge < -0.3 is 4.42 Å². The number of Topliss-reactive ketones (excluding diaryl/α,β-unsaturated/α-hetero) is 1. The molecular formula is C15H11NO4. The van der Waals surface area contributed by atoms with Gasteiger partial charge in [-0.3, -0.25) is 19.4 Å². The lowest BCUT2D eigenvalue weighted by molar-refractivity contribution is 0.0943. The predicted octanol–water partition coefficient (Wildman–Crippen LogP) is 2.21. The highest BCUT2D eigenvalue weighted by Crippen LogP contribution is 2.29. The van der Waals surface area contributed by atoms with Crippen molar-refractivity contribution in [3.63, 3.8) is 0 Å². The third-order valence-corrected chi connectivity index (χ3v) is 3.34. The van der Waals surface area contributed by atoms with Gasteiger partial charge in [-0.15, -0.1) is 0 Å².